The fourth-order valence-corrected chi connectivity index (χ4v) is 5.43. The third kappa shape index (κ3) is 5.14. The van der Waals surface area contributed by atoms with Gasteiger partial charge in [0.15, 0.2) is 11.0 Å². The Morgan fingerprint density at radius 3 is 2.67 bits per heavy atom. The van der Waals surface area contributed by atoms with Gasteiger partial charge in [-0.2, -0.15) is 0 Å². The smallest absolute Gasteiger partial charge is 0.259 e. The Hall–Kier alpha value is -3.63. The Kier molecular flexibility index (Phi) is 7.06. The van der Waals surface area contributed by atoms with Crippen LogP contribution < -0.4 is 5.32 Å². The Bertz CT molecular complexity index is 1370. The van der Waals surface area contributed by atoms with E-state index in [1.807, 2.05) is 41.8 Å². The lowest BCUT2D eigenvalue weighted by Gasteiger charge is -2.25. The molecule has 1 atom stereocenters. The van der Waals surface area contributed by atoms with Crippen LogP contribution in [-0.4, -0.2) is 45.3 Å². The molecule has 10 heteroatoms. The summed E-state index contributed by atoms with van der Waals surface area (Å²) in [7, 11) is 0. The van der Waals surface area contributed by atoms with Gasteiger partial charge in [0.05, 0.1) is 18.0 Å². The number of Topliss-reactive ketones (excluding diaryl/α,β-unsaturated/α-hetero) is 1. The third-order valence-electron chi connectivity index (χ3n) is 5.73. The zero-order valence-corrected chi connectivity index (χ0v) is 20.7. The molecule has 1 N–H and O–H groups in total. The van der Waals surface area contributed by atoms with E-state index < -0.39 is 11.9 Å². The number of aliphatic imine (C=N–C) groups is 2. The van der Waals surface area contributed by atoms with E-state index in [4.69, 9.17) is 0 Å². The number of nitrogens with one attached hydrogen (secondary N) is 1. The van der Waals surface area contributed by atoms with E-state index in [1.165, 1.54) is 29.2 Å². The Labute approximate surface area is 215 Å². The molecule has 36 heavy (non-hydrogen) atoms. The largest absolute Gasteiger partial charge is 0.351 e. The standard InChI is InChI=1S/C26H21FN4O3S2/c27-17-9-7-16(8-10-17)22(32)15-36-26-30-20-6-2-1-5-19(20)24-29-21(25(34)31(24)26)11-12-23(33)28-14-18-4-3-13-35-18/h1-10,13,21H,11-12,14-15H2,(H,28,33)/t21-/m0/s1. The molecule has 2 aliphatic rings. The molecule has 3 heterocycles. The lowest BCUT2D eigenvalue weighted by molar-refractivity contribution is -0.125. The maximum Gasteiger partial charge on any atom is 0.259 e. The second kappa shape index (κ2) is 10.5. The minimum absolute atomic E-state index is 0.0273. The van der Waals surface area contributed by atoms with Crippen molar-refractivity contribution in [3.8, 4) is 0 Å². The number of carbonyl (C=O) groups excluding carboxylic acids is 3. The fraction of sp³-hybridized carbons (Fsp3) is 0.192. The number of hydrogen-bond donors (Lipinski definition) is 1. The number of carbonyl (C=O) groups is 3. The van der Waals surface area contributed by atoms with Gasteiger partial charge in [0.2, 0.25) is 5.91 Å². The second-order valence-corrected chi connectivity index (χ2v) is 10.1. The first kappa shape index (κ1) is 24.1. The minimum Gasteiger partial charge on any atom is -0.351 e. The number of halogens is 1. The third-order valence-corrected chi connectivity index (χ3v) is 7.55. The van der Waals surface area contributed by atoms with Crippen molar-refractivity contribution >= 4 is 57.4 Å². The van der Waals surface area contributed by atoms with Gasteiger partial charge in [-0.25, -0.2) is 14.3 Å². The van der Waals surface area contributed by atoms with Crippen molar-refractivity contribution in [2.45, 2.75) is 25.4 Å². The first-order valence-electron chi connectivity index (χ1n) is 11.3. The van der Waals surface area contributed by atoms with Crippen molar-refractivity contribution in [1.29, 1.82) is 0 Å². The molecule has 0 fully saturated rings. The fourth-order valence-electron chi connectivity index (χ4n) is 3.89. The molecule has 0 bridgehead atoms. The summed E-state index contributed by atoms with van der Waals surface area (Å²) in [6.45, 7) is 0.457. The molecule has 5 rings (SSSR count). The summed E-state index contributed by atoms with van der Waals surface area (Å²) < 4.78 is 13.2. The zero-order valence-electron chi connectivity index (χ0n) is 19.0. The summed E-state index contributed by atoms with van der Waals surface area (Å²) in [6.07, 6.45) is 0.431. The molecule has 2 aliphatic heterocycles. The maximum absolute atomic E-state index is 13.3. The van der Waals surface area contributed by atoms with Crippen LogP contribution in [0.15, 0.2) is 76.0 Å². The van der Waals surface area contributed by atoms with Gasteiger partial charge in [-0.3, -0.25) is 19.4 Å². The summed E-state index contributed by atoms with van der Waals surface area (Å²) in [5, 5.41) is 5.18. The highest BCUT2D eigenvalue weighted by Gasteiger charge is 2.41. The number of benzene rings is 2. The van der Waals surface area contributed by atoms with Crippen LogP contribution in [0.3, 0.4) is 0 Å². The number of amidine groups is 2. The Morgan fingerprint density at radius 1 is 1.08 bits per heavy atom. The number of thioether (sulfide) groups is 1. The maximum atomic E-state index is 13.3. The lowest BCUT2D eigenvalue weighted by Crippen LogP contribution is -2.41. The highest BCUT2D eigenvalue weighted by molar-refractivity contribution is 8.14. The van der Waals surface area contributed by atoms with E-state index in [0.717, 1.165) is 22.2 Å². The molecule has 182 valence electrons. The molecule has 7 nitrogen and oxygen atoms in total. The minimum atomic E-state index is -0.711. The predicted octanol–water partition coefficient (Wildman–Crippen LogP) is 4.56. The summed E-state index contributed by atoms with van der Waals surface area (Å²) in [5.74, 6) is -0.528. The Morgan fingerprint density at radius 2 is 1.89 bits per heavy atom. The van der Waals surface area contributed by atoms with Crippen LogP contribution in [0, 0.1) is 5.82 Å². The summed E-state index contributed by atoms with van der Waals surface area (Å²) in [4.78, 5) is 50.1. The quantitative estimate of drug-likeness (QED) is 0.441. The monoisotopic (exact) mass is 520 g/mol. The SMILES string of the molecule is O=C(CC[C@@H]1N=C2c3ccccc3N=C(SCC(=O)c3ccc(F)cc3)N2C1=O)NCc1cccs1. The number of ketones is 1. The van der Waals surface area contributed by atoms with Gasteiger partial charge >= 0.3 is 0 Å². The van der Waals surface area contributed by atoms with Crippen LogP contribution in [0.2, 0.25) is 0 Å². The van der Waals surface area contributed by atoms with Crippen LogP contribution >= 0.6 is 23.1 Å². The second-order valence-electron chi connectivity index (χ2n) is 8.17. The lowest BCUT2D eigenvalue weighted by atomic mass is 10.1. The van der Waals surface area contributed by atoms with E-state index >= 15 is 0 Å². The van der Waals surface area contributed by atoms with Gasteiger partial charge in [-0.15, -0.1) is 11.3 Å². The molecule has 0 unspecified atom stereocenters. The number of hydrogen-bond acceptors (Lipinski definition) is 7. The first-order valence-corrected chi connectivity index (χ1v) is 13.2. The number of rotatable bonds is 8. The average molecular weight is 521 g/mol. The van der Waals surface area contributed by atoms with Gasteiger partial charge in [-0.05, 0) is 54.3 Å². The molecule has 2 amide bonds. The van der Waals surface area contributed by atoms with Crippen LogP contribution in [0.25, 0.3) is 0 Å². The van der Waals surface area contributed by atoms with Crippen molar-refractivity contribution in [2.75, 3.05) is 5.75 Å². The molecular formula is C26H21FN4O3S2. The van der Waals surface area contributed by atoms with Crippen molar-refractivity contribution < 1.29 is 18.8 Å². The summed E-state index contributed by atoms with van der Waals surface area (Å²) in [6, 6.07) is 15.9. The van der Waals surface area contributed by atoms with E-state index in [9.17, 15) is 18.8 Å². The van der Waals surface area contributed by atoms with Gasteiger partial charge < -0.3 is 5.32 Å². The number of para-hydroxylation sites is 1. The topological polar surface area (TPSA) is 91.2 Å². The highest BCUT2D eigenvalue weighted by Crippen LogP contribution is 2.34. The molecule has 0 spiro atoms. The highest BCUT2D eigenvalue weighted by atomic mass is 32.2. The molecule has 0 aliphatic carbocycles. The summed E-state index contributed by atoms with van der Waals surface area (Å²) in [5.41, 5.74) is 1.77. The zero-order chi connectivity index (χ0) is 25.1. The normalized spacial score (nSPS) is 16.2. The van der Waals surface area contributed by atoms with Crippen LogP contribution in [-0.2, 0) is 16.1 Å². The van der Waals surface area contributed by atoms with Crippen molar-refractivity contribution in [3.05, 3.63) is 87.9 Å². The van der Waals surface area contributed by atoms with E-state index in [1.54, 1.807) is 11.3 Å². The average Bonchev–Trinajstić information content (AvgIpc) is 3.53. The predicted molar refractivity (Wildman–Crippen MR) is 139 cm³/mol. The molecule has 0 radical (unpaired) electrons. The van der Waals surface area contributed by atoms with Gasteiger partial charge in [0.1, 0.15) is 17.7 Å². The number of thiophene rings is 1. The van der Waals surface area contributed by atoms with Gasteiger partial charge in [0, 0.05) is 22.4 Å². The van der Waals surface area contributed by atoms with Crippen LogP contribution in [0.1, 0.15) is 33.6 Å². The van der Waals surface area contributed by atoms with Gasteiger partial charge in [0.25, 0.3) is 5.91 Å². The molecule has 2 aromatic carbocycles. The van der Waals surface area contributed by atoms with Crippen molar-refractivity contribution in [1.82, 2.24) is 10.2 Å². The van der Waals surface area contributed by atoms with Crippen molar-refractivity contribution in [2.24, 2.45) is 9.98 Å². The summed E-state index contributed by atoms with van der Waals surface area (Å²) >= 11 is 2.70. The van der Waals surface area contributed by atoms with Gasteiger partial charge in [-0.1, -0.05) is 30.0 Å². The Balaban J connectivity index is 1.28. The van der Waals surface area contributed by atoms with Crippen LogP contribution in [0.5, 0.6) is 0 Å². The molecule has 1 aromatic heterocycles. The molecular weight excluding hydrogens is 499 g/mol. The number of fused-ring (bicyclic) bond motifs is 3. The first-order chi connectivity index (χ1) is 17.5. The molecule has 0 saturated carbocycles. The van der Waals surface area contributed by atoms with Crippen molar-refractivity contribution in [3.63, 3.8) is 0 Å². The van der Waals surface area contributed by atoms with E-state index in [0.29, 0.717) is 28.8 Å². The van der Waals surface area contributed by atoms with E-state index in [2.05, 4.69) is 15.3 Å². The molecule has 0 saturated heterocycles. The molecule has 3 aromatic rings. The number of amides is 2. The number of nitrogens with zero attached hydrogens (tertiary/aromatic N) is 3. The van der Waals surface area contributed by atoms with E-state index in [-0.39, 0.29) is 36.2 Å². The van der Waals surface area contributed by atoms with Crippen LogP contribution in [0.4, 0.5) is 10.1 Å².